The van der Waals surface area contributed by atoms with Crippen molar-refractivity contribution in [2.75, 3.05) is 5.88 Å². The number of phenolic OH excluding ortho intramolecular Hbond substituents is 1. The van der Waals surface area contributed by atoms with Gasteiger partial charge in [0, 0.05) is 18.3 Å². The summed E-state index contributed by atoms with van der Waals surface area (Å²) in [6.45, 7) is 8.48. The lowest BCUT2D eigenvalue weighted by atomic mass is 9.99. The predicted octanol–water partition coefficient (Wildman–Crippen LogP) is 1.95. The molecule has 14 heteroatoms. The first-order chi connectivity index (χ1) is 22.1. The van der Waals surface area contributed by atoms with Gasteiger partial charge in [-0.05, 0) is 55.7 Å². The van der Waals surface area contributed by atoms with E-state index in [4.69, 9.17) is 17.3 Å². The van der Waals surface area contributed by atoms with Crippen LogP contribution in [0.5, 0.6) is 5.75 Å². The van der Waals surface area contributed by atoms with Crippen molar-refractivity contribution in [3.05, 3.63) is 29.8 Å². The number of unbranched alkanes of at least 4 members (excludes halogenated alkanes) is 4. The van der Waals surface area contributed by atoms with Gasteiger partial charge in [0.1, 0.15) is 36.0 Å². The quantitative estimate of drug-likeness (QED) is 0.0660. The summed E-state index contributed by atoms with van der Waals surface area (Å²) in [5.74, 6) is -3.96. The number of carbonyl (C=O) groups is 5. The van der Waals surface area contributed by atoms with Crippen LogP contribution >= 0.6 is 11.6 Å². The number of halogens is 1. The number of nitrogens with two attached hydrogens (primary N) is 1. The van der Waals surface area contributed by atoms with Crippen molar-refractivity contribution in [3.8, 4) is 5.75 Å². The Morgan fingerprint density at radius 2 is 1.34 bits per heavy atom. The number of rotatable bonds is 22. The zero-order chi connectivity index (χ0) is 35.7. The van der Waals surface area contributed by atoms with Gasteiger partial charge in [0.2, 0.25) is 17.7 Å². The van der Waals surface area contributed by atoms with E-state index in [9.17, 15) is 39.3 Å². The number of aromatic hydroxyl groups is 1. The molecule has 0 heterocycles. The molecule has 0 saturated carbocycles. The Morgan fingerprint density at radius 1 is 0.766 bits per heavy atom. The van der Waals surface area contributed by atoms with Crippen LogP contribution in [-0.2, 0) is 30.4 Å². The van der Waals surface area contributed by atoms with Crippen LogP contribution in [0.3, 0.4) is 0 Å². The Morgan fingerprint density at radius 3 is 1.89 bits per heavy atom. The Hall–Kier alpha value is -3.42. The highest BCUT2D eigenvalue weighted by atomic mass is 35.5. The smallest absolute Gasteiger partial charge is 0.326 e. The van der Waals surface area contributed by atoms with Gasteiger partial charge in [0.15, 0.2) is 0 Å². The van der Waals surface area contributed by atoms with Gasteiger partial charge >= 0.3 is 5.97 Å². The predicted molar refractivity (Wildman–Crippen MR) is 180 cm³/mol. The summed E-state index contributed by atoms with van der Waals surface area (Å²) in [5.41, 5.74) is 6.58. The summed E-state index contributed by atoms with van der Waals surface area (Å²) in [6.07, 6.45) is 3.61. The fourth-order valence-corrected chi connectivity index (χ4v) is 5.03. The molecule has 0 bridgehead atoms. The number of carboxylic acids is 1. The third-order valence-corrected chi connectivity index (χ3v) is 7.94. The average Bonchev–Trinajstić information content (AvgIpc) is 3.00. The number of phenols is 1. The van der Waals surface area contributed by atoms with Crippen molar-refractivity contribution in [2.24, 2.45) is 17.6 Å². The number of aliphatic hydroxyl groups excluding tert-OH is 1. The molecule has 47 heavy (non-hydrogen) atoms. The molecule has 13 nitrogen and oxygen atoms in total. The minimum atomic E-state index is -1.52. The Labute approximate surface area is 282 Å². The van der Waals surface area contributed by atoms with Crippen LogP contribution in [0.1, 0.15) is 85.1 Å². The van der Waals surface area contributed by atoms with E-state index in [1.165, 1.54) is 19.1 Å². The number of carboxylic acid groups (broad SMARTS) is 1. The molecular formula is C33H54ClN5O8. The summed E-state index contributed by atoms with van der Waals surface area (Å²) in [7, 11) is 0. The molecule has 0 fully saturated rings. The van der Waals surface area contributed by atoms with Crippen molar-refractivity contribution >= 4 is 41.2 Å². The van der Waals surface area contributed by atoms with Gasteiger partial charge in [-0.3, -0.25) is 19.2 Å². The number of nitrogens with one attached hydrogen (secondary N) is 4. The summed E-state index contributed by atoms with van der Waals surface area (Å²) in [4.78, 5) is 64.2. The molecule has 0 aliphatic heterocycles. The first-order valence-electron chi connectivity index (χ1n) is 16.3. The van der Waals surface area contributed by atoms with E-state index in [0.717, 1.165) is 32.1 Å². The standard InChI is InChI=1S/C33H54ClN5O8/c1-19(2)17-25(30(43)38-26(33(46)47)18-22-12-14-23(40)15-13-22)37-31(44)27(20(3)4)39-29(42)21(5)36-32(45)28(41)24(35)11-9-7-6-8-10-16-34/h12-15,19-21,24-28,40-41H,6-11,16-18,35H2,1-5H3,(H,36,45)(H,37,44)(H,38,43)(H,39,42)(H,46,47). The zero-order valence-electron chi connectivity index (χ0n) is 28.1. The molecule has 0 radical (unpaired) electrons. The summed E-state index contributed by atoms with van der Waals surface area (Å²) >= 11 is 5.68. The van der Waals surface area contributed by atoms with E-state index in [2.05, 4.69) is 21.3 Å². The van der Waals surface area contributed by atoms with E-state index in [1.807, 2.05) is 13.8 Å². The summed E-state index contributed by atoms with van der Waals surface area (Å²) in [5, 5.41) is 39.8. The minimum absolute atomic E-state index is 0.0189. The second-order valence-corrected chi connectivity index (χ2v) is 13.2. The van der Waals surface area contributed by atoms with Crippen LogP contribution in [0.4, 0.5) is 0 Å². The van der Waals surface area contributed by atoms with Gasteiger partial charge in [-0.1, -0.05) is 65.5 Å². The average molecular weight is 684 g/mol. The number of aliphatic carboxylic acids is 1. The number of carbonyl (C=O) groups excluding carboxylic acids is 4. The highest BCUT2D eigenvalue weighted by Crippen LogP contribution is 2.13. The molecule has 0 aliphatic rings. The maximum atomic E-state index is 13.4. The van der Waals surface area contributed by atoms with Crippen LogP contribution in [-0.4, -0.2) is 87.1 Å². The lowest BCUT2D eigenvalue weighted by Crippen LogP contribution is -2.59. The number of benzene rings is 1. The van der Waals surface area contributed by atoms with Crippen LogP contribution in [0.15, 0.2) is 24.3 Å². The zero-order valence-corrected chi connectivity index (χ0v) is 28.9. The molecule has 1 aromatic carbocycles. The molecule has 1 rings (SSSR count). The Bertz CT molecular complexity index is 1150. The van der Waals surface area contributed by atoms with Gasteiger partial charge in [0.25, 0.3) is 5.91 Å². The highest BCUT2D eigenvalue weighted by molar-refractivity contribution is 6.17. The molecule has 0 aliphatic carbocycles. The van der Waals surface area contributed by atoms with Gasteiger partial charge in [0.05, 0.1) is 0 Å². The van der Waals surface area contributed by atoms with E-state index >= 15 is 0 Å². The van der Waals surface area contributed by atoms with E-state index in [1.54, 1.807) is 26.0 Å². The summed E-state index contributed by atoms with van der Waals surface area (Å²) in [6, 6.07) is 0.509. The maximum Gasteiger partial charge on any atom is 0.326 e. The third-order valence-electron chi connectivity index (χ3n) is 7.68. The van der Waals surface area contributed by atoms with Gasteiger partial charge in [-0.25, -0.2) is 4.79 Å². The molecule has 9 N–H and O–H groups in total. The molecule has 4 amide bonds. The first-order valence-corrected chi connectivity index (χ1v) is 16.8. The third kappa shape index (κ3) is 15.8. The van der Waals surface area contributed by atoms with Crippen molar-refractivity contribution < 1.29 is 39.3 Å². The fraction of sp³-hybridized carbons (Fsp3) is 0.667. The van der Waals surface area contributed by atoms with E-state index in [-0.39, 0.29) is 24.5 Å². The van der Waals surface area contributed by atoms with E-state index in [0.29, 0.717) is 17.9 Å². The normalized spacial score (nSPS) is 15.2. The Balaban J connectivity index is 2.84. The number of hydrogen-bond donors (Lipinski definition) is 8. The van der Waals surface area contributed by atoms with Crippen LogP contribution in [0.2, 0.25) is 0 Å². The number of aliphatic hydroxyl groups is 1. The Kier molecular flexibility index (Phi) is 19.0. The molecule has 0 saturated heterocycles. The van der Waals surface area contributed by atoms with Crippen LogP contribution < -0.4 is 27.0 Å². The molecule has 266 valence electrons. The van der Waals surface area contributed by atoms with Crippen molar-refractivity contribution in [2.45, 2.75) is 122 Å². The lowest BCUT2D eigenvalue weighted by molar-refractivity contribution is -0.142. The number of hydrogen-bond acceptors (Lipinski definition) is 8. The molecule has 0 spiro atoms. The topological polar surface area (TPSA) is 220 Å². The number of alkyl halides is 1. The SMILES string of the molecule is CC(C)CC(NC(=O)C(NC(=O)C(C)NC(=O)C(O)C(N)CCCCCCCCl)C(C)C)C(=O)NC(Cc1ccc(O)cc1)C(=O)O. The van der Waals surface area contributed by atoms with Crippen LogP contribution in [0, 0.1) is 11.8 Å². The number of amides is 4. The van der Waals surface area contributed by atoms with Crippen molar-refractivity contribution in [1.29, 1.82) is 0 Å². The fourth-order valence-electron chi connectivity index (χ4n) is 4.84. The lowest BCUT2D eigenvalue weighted by Gasteiger charge is -2.28. The molecule has 6 atom stereocenters. The van der Waals surface area contributed by atoms with Gasteiger partial charge in [-0.15, -0.1) is 11.6 Å². The molecule has 6 unspecified atom stereocenters. The van der Waals surface area contributed by atoms with Crippen LogP contribution in [0.25, 0.3) is 0 Å². The van der Waals surface area contributed by atoms with Gasteiger partial charge < -0.3 is 42.3 Å². The monoisotopic (exact) mass is 683 g/mol. The maximum absolute atomic E-state index is 13.4. The van der Waals surface area contributed by atoms with Crippen molar-refractivity contribution in [1.82, 2.24) is 21.3 Å². The second kappa shape index (κ2) is 21.5. The van der Waals surface area contributed by atoms with Gasteiger partial charge in [-0.2, -0.15) is 0 Å². The van der Waals surface area contributed by atoms with E-state index < -0.39 is 71.8 Å². The molecule has 1 aromatic rings. The molecular weight excluding hydrogens is 630 g/mol. The second-order valence-electron chi connectivity index (χ2n) is 12.8. The largest absolute Gasteiger partial charge is 0.508 e. The highest BCUT2D eigenvalue weighted by Gasteiger charge is 2.33. The first kappa shape index (κ1) is 41.6. The summed E-state index contributed by atoms with van der Waals surface area (Å²) < 4.78 is 0. The van der Waals surface area contributed by atoms with Crippen molar-refractivity contribution in [3.63, 3.8) is 0 Å². The minimum Gasteiger partial charge on any atom is -0.508 e. The molecule has 0 aromatic heterocycles.